The first kappa shape index (κ1) is 18.0. The van der Waals surface area contributed by atoms with Gasteiger partial charge in [-0.1, -0.05) is 6.07 Å². The summed E-state index contributed by atoms with van der Waals surface area (Å²) >= 11 is 1.41. The second-order valence-corrected chi connectivity index (χ2v) is 6.62. The van der Waals surface area contributed by atoms with Gasteiger partial charge in [0, 0.05) is 19.8 Å². The number of anilines is 2. The minimum absolute atomic E-state index is 0.121. The predicted molar refractivity (Wildman–Crippen MR) is 103 cm³/mol. The molecule has 0 saturated heterocycles. The summed E-state index contributed by atoms with van der Waals surface area (Å²) in [6.45, 7) is 1.99. The lowest BCUT2D eigenvalue weighted by atomic mass is 10.2. The lowest BCUT2D eigenvalue weighted by Crippen LogP contribution is -2.27. The summed E-state index contributed by atoms with van der Waals surface area (Å²) in [5, 5.41) is 18.7. The minimum Gasteiger partial charge on any atom is -0.395 e. The molecular formula is C17H20N6O2S. The van der Waals surface area contributed by atoms with Crippen molar-refractivity contribution in [2.75, 3.05) is 30.8 Å². The van der Waals surface area contributed by atoms with Crippen molar-refractivity contribution in [2.45, 2.75) is 13.0 Å². The van der Waals surface area contributed by atoms with E-state index in [4.69, 9.17) is 5.11 Å². The van der Waals surface area contributed by atoms with Gasteiger partial charge in [-0.2, -0.15) is 0 Å². The third-order valence-corrected chi connectivity index (χ3v) is 4.86. The Bertz CT molecular complexity index is 899. The van der Waals surface area contributed by atoms with Crippen LogP contribution in [0.15, 0.2) is 30.5 Å². The van der Waals surface area contributed by atoms with Crippen molar-refractivity contribution >= 4 is 38.4 Å². The number of amides is 1. The van der Waals surface area contributed by atoms with Crippen LogP contribution in [0.25, 0.3) is 10.2 Å². The molecule has 0 aliphatic carbocycles. The van der Waals surface area contributed by atoms with Crippen molar-refractivity contribution in [3.05, 3.63) is 41.9 Å². The van der Waals surface area contributed by atoms with E-state index in [0.717, 1.165) is 10.7 Å². The van der Waals surface area contributed by atoms with Gasteiger partial charge >= 0.3 is 0 Å². The maximum Gasteiger partial charge on any atom is 0.271 e. The summed E-state index contributed by atoms with van der Waals surface area (Å²) in [6, 6.07) is 7.43. The molecule has 0 unspecified atom stereocenters. The number of thiophene rings is 1. The Hall–Kier alpha value is -2.78. The number of aliphatic hydroxyl groups excluding tert-OH is 1. The van der Waals surface area contributed by atoms with Crippen LogP contribution in [0.3, 0.4) is 0 Å². The quantitative estimate of drug-likeness (QED) is 0.502. The monoisotopic (exact) mass is 372 g/mol. The van der Waals surface area contributed by atoms with Crippen molar-refractivity contribution in [1.29, 1.82) is 0 Å². The molecule has 0 aliphatic rings. The Morgan fingerprint density at radius 3 is 2.88 bits per heavy atom. The van der Waals surface area contributed by atoms with Crippen LogP contribution in [0.2, 0.25) is 0 Å². The molecule has 0 saturated carbocycles. The average Bonchev–Trinajstić information content (AvgIpc) is 3.09. The molecule has 0 aromatic carbocycles. The SMILES string of the molecule is CNc1cc2nc(N[C@@H](C)c3ccccn3)nc(C(=O)NCCO)c2s1. The molecule has 3 rings (SSSR count). The van der Waals surface area contributed by atoms with Gasteiger partial charge in [0.05, 0.1) is 33.6 Å². The normalized spacial score (nSPS) is 12.0. The molecule has 0 fully saturated rings. The zero-order chi connectivity index (χ0) is 18.5. The summed E-state index contributed by atoms with van der Waals surface area (Å²) in [4.78, 5) is 25.7. The molecule has 0 bridgehead atoms. The average molecular weight is 372 g/mol. The molecule has 3 heterocycles. The summed E-state index contributed by atoms with van der Waals surface area (Å²) in [5.74, 6) is 0.00902. The summed E-state index contributed by atoms with van der Waals surface area (Å²) in [7, 11) is 1.81. The van der Waals surface area contributed by atoms with Crippen LogP contribution in [0, 0.1) is 0 Å². The number of rotatable bonds is 7. The van der Waals surface area contributed by atoms with E-state index in [0.29, 0.717) is 16.2 Å². The first-order valence-corrected chi connectivity index (χ1v) is 9.00. The van der Waals surface area contributed by atoms with Gasteiger partial charge in [0.2, 0.25) is 5.95 Å². The van der Waals surface area contributed by atoms with Gasteiger partial charge in [-0.05, 0) is 25.1 Å². The van der Waals surface area contributed by atoms with Gasteiger partial charge in [-0.3, -0.25) is 9.78 Å². The van der Waals surface area contributed by atoms with Crippen LogP contribution < -0.4 is 16.0 Å². The minimum atomic E-state index is -0.343. The molecule has 1 atom stereocenters. The van der Waals surface area contributed by atoms with Crippen molar-refractivity contribution < 1.29 is 9.90 Å². The highest BCUT2D eigenvalue weighted by Gasteiger charge is 2.18. The number of nitrogens with zero attached hydrogens (tertiary/aromatic N) is 3. The molecule has 3 aromatic heterocycles. The molecule has 0 spiro atoms. The standard InChI is InChI=1S/C17H20N6O2S/c1-10(11-5-3-4-6-19-11)21-17-22-12-9-13(18-2)26-15(12)14(23-17)16(25)20-7-8-24/h3-6,9-10,18,24H,7-8H2,1-2H3,(H,20,25)(H,21,22,23)/t10-/m0/s1. The number of carbonyl (C=O) groups excluding carboxylic acids is 1. The van der Waals surface area contributed by atoms with Crippen LogP contribution in [-0.4, -0.2) is 46.2 Å². The molecular weight excluding hydrogens is 352 g/mol. The van der Waals surface area contributed by atoms with E-state index in [-0.39, 0.29) is 30.8 Å². The van der Waals surface area contributed by atoms with Gasteiger partial charge in [0.15, 0.2) is 5.69 Å². The first-order chi connectivity index (χ1) is 12.6. The zero-order valence-corrected chi connectivity index (χ0v) is 15.3. The Morgan fingerprint density at radius 2 is 2.19 bits per heavy atom. The zero-order valence-electron chi connectivity index (χ0n) is 14.5. The van der Waals surface area contributed by atoms with E-state index in [1.807, 2.05) is 38.2 Å². The molecule has 1 amide bonds. The van der Waals surface area contributed by atoms with Crippen LogP contribution >= 0.6 is 11.3 Å². The maximum absolute atomic E-state index is 12.5. The fourth-order valence-corrected chi connectivity index (χ4v) is 3.36. The van der Waals surface area contributed by atoms with Crippen LogP contribution in [0.1, 0.15) is 29.1 Å². The summed E-state index contributed by atoms with van der Waals surface area (Å²) in [6.07, 6.45) is 1.73. The first-order valence-electron chi connectivity index (χ1n) is 8.18. The number of aromatic nitrogens is 3. The lowest BCUT2D eigenvalue weighted by Gasteiger charge is -2.14. The van der Waals surface area contributed by atoms with Crippen molar-refractivity contribution in [2.24, 2.45) is 0 Å². The van der Waals surface area contributed by atoms with Gasteiger partial charge in [0.25, 0.3) is 5.91 Å². The van der Waals surface area contributed by atoms with E-state index in [1.54, 1.807) is 6.20 Å². The largest absolute Gasteiger partial charge is 0.395 e. The van der Waals surface area contributed by atoms with E-state index < -0.39 is 0 Å². The smallest absolute Gasteiger partial charge is 0.271 e. The fraction of sp³-hybridized carbons (Fsp3) is 0.294. The topological polar surface area (TPSA) is 112 Å². The highest BCUT2D eigenvalue weighted by molar-refractivity contribution is 7.23. The molecule has 0 radical (unpaired) electrons. The molecule has 0 aliphatic heterocycles. The van der Waals surface area contributed by atoms with Gasteiger partial charge in [-0.15, -0.1) is 11.3 Å². The molecule has 4 N–H and O–H groups in total. The molecule has 8 nitrogen and oxygen atoms in total. The molecule has 9 heteroatoms. The van der Waals surface area contributed by atoms with Crippen molar-refractivity contribution in [1.82, 2.24) is 20.3 Å². The van der Waals surface area contributed by atoms with Gasteiger partial charge in [0.1, 0.15) is 0 Å². The fourth-order valence-electron chi connectivity index (χ4n) is 2.42. The van der Waals surface area contributed by atoms with Gasteiger partial charge in [-0.25, -0.2) is 9.97 Å². The lowest BCUT2D eigenvalue weighted by molar-refractivity contribution is 0.0942. The van der Waals surface area contributed by atoms with Crippen LogP contribution in [0.4, 0.5) is 10.9 Å². The molecule has 26 heavy (non-hydrogen) atoms. The number of fused-ring (bicyclic) bond motifs is 1. The third-order valence-electron chi connectivity index (χ3n) is 3.71. The predicted octanol–water partition coefficient (Wildman–Crippen LogP) is 2.02. The Labute approximate surface area is 154 Å². The Morgan fingerprint density at radius 1 is 1.35 bits per heavy atom. The van der Waals surface area contributed by atoms with Gasteiger partial charge < -0.3 is 21.1 Å². The second kappa shape index (κ2) is 8.07. The van der Waals surface area contributed by atoms with E-state index >= 15 is 0 Å². The molecule has 136 valence electrons. The van der Waals surface area contributed by atoms with Crippen LogP contribution in [0.5, 0.6) is 0 Å². The van der Waals surface area contributed by atoms with Crippen molar-refractivity contribution in [3.8, 4) is 0 Å². The number of pyridine rings is 1. The number of nitrogens with one attached hydrogen (secondary N) is 3. The Kier molecular flexibility index (Phi) is 5.59. The highest BCUT2D eigenvalue weighted by Crippen LogP contribution is 2.31. The van der Waals surface area contributed by atoms with E-state index in [9.17, 15) is 4.79 Å². The van der Waals surface area contributed by atoms with Crippen molar-refractivity contribution in [3.63, 3.8) is 0 Å². The Balaban J connectivity index is 1.96. The molecule has 3 aromatic rings. The number of aliphatic hydroxyl groups is 1. The summed E-state index contributed by atoms with van der Waals surface area (Å²) in [5.41, 5.74) is 1.81. The highest BCUT2D eigenvalue weighted by atomic mass is 32.1. The summed E-state index contributed by atoms with van der Waals surface area (Å²) < 4.78 is 0.695. The maximum atomic E-state index is 12.5. The number of hydrogen-bond acceptors (Lipinski definition) is 8. The number of hydrogen-bond donors (Lipinski definition) is 4. The second-order valence-electron chi connectivity index (χ2n) is 5.57. The van der Waals surface area contributed by atoms with Crippen LogP contribution in [-0.2, 0) is 0 Å². The van der Waals surface area contributed by atoms with E-state index in [1.165, 1.54) is 11.3 Å². The third kappa shape index (κ3) is 3.89. The number of carbonyl (C=O) groups is 1. The van der Waals surface area contributed by atoms with E-state index in [2.05, 4.69) is 30.9 Å².